The first-order valence-corrected chi connectivity index (χ1v) is 7.01. The summed E-state index contributed by atoms with van der Waals surface area (Å²) in [5.41, 5.74) is 0. The van der Waals surface area contributed by atoms with Gasteiger partial charge in [-0.05, 0) is 39.1 Å². The zero-order valence-electron chi connectivity index (χ0n) is 10.9. The summed E-state index contributed by atoms with van der Waals surface area (Å²) in [6.45, 7) is 13.2. The Morgan fingerprint density at radius 2 is 1.94 bits per heavy atom. The van der Waals surface area contributed by atoms with Crippen LogP contribution in [0.25, 0.3) is 0 Å². The molecule has 1 heterocycles. The molecule has 0 bridgehead atoms. The normalized spacial score (nSPS) is 11.6. The molecule has 0 saturated carbocycles. The number of nitrogens with one attached hydrogen (secondary N) is 1. The maximum atomic E-state index is 3.36. The van der Waals surface area contributed by atoms with Crippen LogP contribution in [0.2, 0.25) is 0 Å². The summed E-state index contributed by atoms with van der Waals surface area (Å²) in [5.74, 6) is 0. The molecule has 0 aliphatic heterocycles. The van der Waals surface area contributed by atoms with Gasteiger partial charge < -0.3 is 5.32 Å². The van der Waals surface area contributed by atoms with E-state index in [-0.39, 0.29) is 0 Å². The number of nitrogens with zero attached hydrogens (tertiary/aromatic N) is 1. The van der Waals surface area contributed by atoms with Crippen LogP contribution in [0.1, 0.15) is 37.4 Å². The monoisotopic (exact) mass is 240 g/mol. The van der Waals surface area contributed by atoms with Crippen LogP contribution >= 0.6 is 11.3 Å². The van der Waals surface area contributed by atoms with Gasteiger partial charge in [-0.3, -0.25) is 4.90 Å². The molecule has 1 N–H and O–H groups in total. The van der Waals surface area contributed by atoms with Crippen molar-refractivity contribution in [3.05, 3.63) is 21.9 Å². The summed E-state index contributed by atoms with van der Waals surface area (Å²) in [5, 5.41) is 3.36. The lowest BCUT2D eigenvalue weighted by Crippen LogP contribution is -2.29. The van der Waals surface area contributed by atoms with E-state index in [1.165, 1.54) is 9.75 Å². The molecular formula is C13H24N2S. The molecule has 0 aromatic carbocycles. The molecule has 3 heteroatoms. The molecule has 2 nitrogen and oxygen atoms in total. The molecule has 0 aliphatic carbocycles. The van der Waals surface area contributed by atoms with E-state index < -0.39 is 0 Å². The van der Waals surface area contributed by atoms with Gasteiger partial charge in [0, 0.05) is 28.9 Å². The number of rotatable bonds is 7. The van der Waals surface area contributed by atoms with Crippen LogP contribution in [0, 0.1) is 0 Å². The molecule has 0 saturated heterocycles. The largest absolute Gasteiger partial charge is 0.312 e. The van der Waals surface area contributed by atoms with E-state index in [1.807, 2.05) is 11.3 Å². The number of thiophene rings is 1. The van der Waals surface area contributed by atoms with Gasteiger partial charge in [-0.15, -0.1) is 11.3 Å². The van der Waals surface area contributed by atoms with Gasteiger partial charge in [-0.2, -0.15) is 0 Å². The smallest absolute Gasteiger partial charge is 0.0330 e. The van der Waals surface area contributed by atoms with Crippen molar-refractivity contribution < 1.29 is 0 Å². The third-order valence-electron chi connectivity index (χ3n) is 2.76. The fourth-order valence-corrected chi connectivity index (χ4v) is 2.72. The fraction of sp³-hybridized carbons (Fsp3) is 0.692. The lowest BCUT2D eigenvalue weighted by Gasteiger charge is -2.23. The van der Waals surface area contributed by atoms with Crippen molar-refractivity contribution in [1.82, 2.24) is 10.2 Å². The maximum absolute atomic E-state index is 3.36. The summed E-state index contributed by atoms with van der Waals surface area (Å²) >= 11 is 1.93. The molecule has 1 rings (SSSR count). The third-order valence-corrected chi connectivity index (χ3v) is 3.83. The Bertz CT molecular complexity index is 294. The zero-order valence-corrected chi connectivity index (χ0v) is 11.7. The molecule has 16 heavy (non-hydrogen) atoms. The minimum atomic E-state index is 0.629. The van der Waals surface area contributed by atoms with Gasteiger partial charge in [0.05, 0.1) is 0 Å². The van der Waals surface area contributed by atoms with Gasteiger partial charge in [0.2, 0.25) is 0 Å². The van der Waals surface area contributed by atoms with E-state index in [2.05, 4.69) is 50.0 Å². The van der Waals surface area contributed by atoms with Gasteiger partial charge in [0.1, 0.15) is 0 Å². The van der Waals surface area contributed by atoms with Gasteiger partial charge >= 0.3 is 0 Å². The van der Waals surface area contributed by atoms with E-state index in [0.29, 0.717) is 6.04 Å². The van der Waals surface area contributed by atoms with E-state index >= 15 is 0 Å². The second kappa shape index (κ2) is 7.05. The Morgan fingerprint density at radius 1 is 1.25 bits per heavy atom. The van der Waals surface area contributed by atoms with Crippen molar-refractivity contribution in [3.63, 3.8) is 0 Å². The molecule has 1 aromatic rings. The molecular weight excluding hydrogens is 216 g/mol. The van der Waals surface area contributed by atoms with Crippen molar-refractivity contribution in [2.24, 2.45) is 0 Å². The Labute approximate surface area is 104 Å². The summed E-state index contributed by atoms with van der Waals surface area (Å²) < 4.78 is 0. The van der Waals surface area contributed by atoms with E-state index in [9.17, 15) is 0 Å². The molecule has 0 amide bonds. The first-order valence-electron chi connectivity index (χ1n) is 6.19. The Hall–Kier alpha value is -0.380. The van der Waals surface area contributed by atoms with Gasteiger partial charge in [-0.25, -0.2) is 0 Å². The van der Waals surface area contributed by atoms with Gasteiger partial charge in [0.25, 0.3) is 0 Å². The SMILES string of the molecule is CCNCc1ccc(CN(CC)C(C)C)s1. The molecule has 0 aliphatic rings. The predicted molar refractivity (Wildman–Crippen MR) is 72.9 cm³/mol. The van der Waals surface area contributed by atoms with Crippen LogP contribution in [0.15, 0.2) is 12.1 Å². The van der Waals surface area contributed by atoms with Crippen molar-refractivity contribution in [2.75, 3.05) is 13.1 Å². The predicted octanol–water partition coefficient (Wildman–Crippen LogP) is 3.09. The number of hydrogen-bond donors (Lipinski definition) is 1. The average Bonchev–Trinajstić information content (AvgIpc) is 2.70. The van der Waals surface area contributed by atoms with Crippen molar-refractivity contribution >= 4 is 11.3 Å². The van der Waals surface area contributed by atoms with Crippen molar-refractivity contribution in [1.29, 1.82) is 0 Å². The molecule has 1 aromatic heterocycles. The Morgan fingerprint density at radius 3 is 2.50 bits per heavy atom. The lowest BCUT2D eigenvalue weighted by atomic mass is 10.3. The molecule has 0 unspecified atom stereocenters. The van der Waals surface area contributed by atoms with Crippen LogP contribution in [-0.2, 0) is 13.1 Å². The van der Waals surface area contributed by atoms with E-state index in [4.69, 9.17) is 0 Å². The van der Waals surface area contributed by atoms with Crippen molar-refractivity contribution in [3.8, 4) is 0 Å². The second-order valence-corrected chi connectivity index (χ2v) is 5.56. The molecule has 0 spiro atoms. The highest BCUT2D eigenvalue weighted by Gasteiger charge is 2.09. The summed E-state index contributed by atoms with van der Waals surface area (Å²) in [6, 6.07) is 5.14. The van der Waals surface area contributed by atoms with Crippen LogP contribution < -0.4 is 5.32 Å². The van der Waals surface area contributed by atoms with E-state index in [1.54, 1.807) is 0 Å². The first kappa shape index (κ1) is 13.7. The minimum absolute atomic E-state index is 0.629. The van der Waals surface area contributed by atoms with E-state index in [0.717, 1.165) is 26.2 Å². The topological polar surface area (TPSA) is 15.3 Å². The average molecular weight is 240 g/mol. The highest BCUT2D eigenvalue weighted by Crippen LogP contribution is 2.19. The van der Waals surface area contributed by atoms with Crippen molar-refractivity contribution in [2.45, 2.75) is 46.8 Å². The Kier molecular flexibility index (Phi) is 6.03. The van der Waals surface area contributed by atoms with Crippen LogP contribution in [0.3, 0.4) is 0 Å². The van der Waals surface area contributed by atoms with Crippen LogP contribution in [-0.4, -0.2) is 24.0 Å². The quantitative estimate of drug-likeness (QED) is 0.788. The minimum Gasteiger partial charge on any atom is -0.312 e. The van der Waals surface area contributed by atoms with Gasteiger partial charge in [0.15, 0.2) is 0 Å². The summed E-state index contributed by atoms with van der Waals surface area (Å²) in [6.07, 6.45) is 0. The number of hydrogen-bond acceptors (Lipinski definition) is 3. The fourth-order valence-electron chi connectivity index (χ4n) is 1.71. The van der Waals surface area contributed by atoms with Crippen LogP contribution in [0.4, 0.5) is 0 Å². The zero-order chi connectivity index (χ0) is 12.0. The third kappa shape index (κ3) is 4.24. The molecule has 92 valence electrons. The standard InChI is InChI=1S/C13H24N2S/c1-5-14-9-12-7-8-13(16-12)10-15(6-2)11(3)4/h7-8,11,14H,5-6,9-10H2,1-4H3. The maximum Gasteiger partial charge on any atom is 0.0330 e. The Balaban J connectivity index is 2.50. The highest BCUT2D eigenvalue weighted by molar-refractivity contribution is 7.11. The molecule has 0 atom stereocenters. The molecule has 0 radical (unpaired) electrons. The molecule has 0 fully saturated rings. The lowest BCUT2D eigenvalue weighted by molar-refractivity contribution is 0.227. The highest BCUT2D eigenvalue weighted by atomic mass is 32.1. The summed E-state index contributed by atoms with van der Waals surface area (Å²) in [7, 11) is 0. The second-order valence-electron chi connectivity index (χ2n) is 4.31. The summed E-state index contributed by atoms with van der Waals surface area (Å²) in [4.78, 5) is 5.41. The van der Waals surface area contributed by atoms with Gasteiger partial charge in [-0.1, -0.05) is 13.8 Å². The van der Waals surface area contributed by atoms with Crippen LogP contribution in [0.5, 0.6) is 0 Å². The first-order chi connectivity index (χ1) is 7.67.